The van der Waals surface area contributed by atoms with Crippen LogP contribution in [-0.2, 0) is 6.42 Å². The lowest BCUT2D eigenvalue weighted by molar-refractivity contribution is 0.112. The molecule has 22 heavy (non-hydrogen) atoms. The van der Waals surface area contributed by atoms with Gasteiger partial charge in [-0.3, -0.25) is 4.79 Å². The van der Waals surface area contributed by atoms with Gasteiger partial charge in [-0.2, -0.15) is 4.98 Å². The predicted molar refractivity (Wildman–Crippen MR) is 88.6 cm³/mol. The standard InChI is InChI=1S/C13H14N2O2.C2H7N.C2H2/c1-2-3-4-12-14-13(15-17-12)11-7-5-10(9-16)6-8-11;1-3-2;1-2/h5-9H,2-4H2,1H3;3H,1-2H3;1-2H. The Morgan fingerprint density at radius 3 is 2.32 bits per heavy atom. The first kappa shape index (κ1) is 19.6. The molecule has 5 nitrogen and oxygen atoms in total. The van der Waals surface area contributed by atoms with E-state index in [2.05, 4.69) is 35.2 Å². The van der Waals surface area contributed by atoms with Crippen molar-refractivity contribution < 1.29 is 9.32 Å². The van der Waals surface area contributed by atoms with Crippen LogP contribution in [0.2, 0.25) is 0 Å². The highest BCUT2D eigenvalue weighted by Gasteiger charge is 2.07. The first-order chi connectivity index (χ1) is 10.7. The van der Waals surface area contributed by atoms with Crippen molar-refractivity contribution in [2.24, 2.45) is 0 Å². The van der Waals surface area contributed by atoms with Crippen LogP contribution in [0, 0.1) is 12.8 Å². The molecule has 0 spiro atoms. The lowest BCUT2D eigenvalue weighted by Gasteiger charge is -1.93. The number of terminal acetylenes is 1. The fraction of sp³-hybridized carbons (Fsp3) is 0.353. The summed E-state index contributed by atoms with van der Waals surface area (Å²) in [5, 5.41) is 6.67. The minimum absolute atomic E-state index is 0.577. The monoisotopic (exact) mass is 301 g/mol. The summed E-state index contributed by atoms with van der Waals surface area (Å²) in [6.45, 7) is 2.12. The van der Waals surface area contributed by atoms with Gasteiger partial charge in [-0.1, -0.05) is 42.8 Å². The van der Waals surface area contributed by atoms with Crippen LogP contribution in [0.5, 0.6) is 0 Å². The van der Waals surface area contributed by atoms with Crippen LogP contribution in [-0.4, -0.2) is 30.5 Å². The SMILES string of the molecule is C#C.CCCCc1nc(-c2ccc(C=O)cc2)no1.CNC. The predicted octanol–water partition coefficient (Wildman–Crippen LogP) is 2.98. The molecule has 0 amide bonds. The molecule has 1 N–H and O–H groups in total. The van der Waals surface area contributed by atoms with Crippen molar-refractivity contribution in [3.8, 4) is 24.2 Å². The summed E-state index contributed by atoms with van der Waals surface area (Å²) in [7, 11) is 3.75. The van der Waals surface area contributed by atoms with Gasteiger partial charge in [-0.25, -0.2) is 0 Å². The van der Waals surface area contributed by atoms with Gasteiger partial charge < -0.3 is 9.84 Å². The molecule has 0 radical (unpaired) electrons. The number of nitrogens with one attached hydrogen (secondary N) is 1. The van der Waals surface area contributed by atoms with Crippen LogP contribution in [0.4, 0.5) is 0 Å². The van der Waals surface area contributed by atoms with Crippen LogP contribution in [0.3, 0.4) is 0 Å². The van der Waals surface area contributed by atoms with Crippen molar-refractivity contribution >= 4 is 6.29 Å². The van der Waals surface area contributed by atoms with Gasteiger partial charge in [-0.05, 0) is 20.5 Å². The zero-order chi connectivity index (χ0) is 16.8. The third-order valence-corrected chi connectivity index (χ3v) is 2.52. The van der Waals surface area contributed by atoms with Gasteiger partial charge in [-0.15, -0.1) is 12.8 Å². The maximum Gasteiger partial charge on any atom is 0.226 e. The first-order valence-corrected chi connectivity index (χ1v) is 7.05. The zero-order valence-corrected chi connectivity index (χ0v) is 13.4. The average molecular weight is 301 g/mol. The van der Waals surface area contributed by atoms with Crippen LogP contribution in [0.25, 0.3) is 11.4 Å². The molecule has 5 heteroatoms. The number of benzene rings is 1. The second kappa shape index (κ2) is 12.3. The van der Waals surface area contributed by atoms with Gasteiger partial charge in [0.25, 0.3) is 0 Å². The highest BCUT2D eigenvalue weighted by atomic mass is 16.5. The summed E-state index contributed by atoms with van der Waals surface area (Å²) in [5.41, 5.74) is 1.51. The molecule has 1 aromatic heterocycles. The lowest BCUT2D eigenvalue weighted by atomic mass is 10.1. The molecule has 0 fully saturated rings. The molecule has 118 valence electrons. The van der Waals surface area contributed by atoms with E-state index in [9.17, 15) is 4.79 Å². The molecule has 0 aliphatic heterocycles. The number of aryl methyl sites for hydroxylation is 1. The minimum Gasteiger partial charge on any atom is -0.339 e. The smallest absolute Gasteiger partial charge is 0.226 e. The van der Waals surface area contributed by atoms with E-state index in [0.717, 1.165) is 31.1 Å². The molecular formula is C17H23N3O2. The quantitative estimate of drug-likeness (QED) is 0.679. The third-order valence-electron chi connectivity index (χ3n) is 2.52. The van der Waals surface area contributed by atoms with Crippen molar-refractivity contribution in [3.05, 3.63) is 35.7 Å². The number of hydrogen-bond acceptors (Lipinski definition) is 5. The fourth-order valence-electron chi connectivity index (χ4n) is 1.51. The normalized spacial score (nSPS) is 8.95. The average Bonchev–Trinajstić information content (AvgIpc) is 3.04. The molecular weight excluding hydrogens is 278 g/mol. The van der Waals surface area contributed by atoms with Crippen molar-refractivity contribution in [2.45, 2.75) is 26.2 Å². The molecule has 0 bridgehead atoms. The van der Waals surface area contributed by atoms with Crippen molar-refractivity contribution in [1.29, 1.82) is 0 Å². The van der Waals surface area contributed by atoms with Crippen LogP contribution in [0.15, 0.2) is 28.8 Å². The Labute approximate surface area is 132 Å². The van der Waals surface area contributed by atoms with Gasteiger partial charge in [0.2, 0.25) is 11.7 Å². The minimum atomic E-state index is 0.577. The van der Waals surface area contributed by atoms with Crippen LogP contribution < -0.4 is 5.32 Å². The van der Waals surface area contributed by atoms with Crippen LogP contribution >= 0.6 is 0 Å². The highest BCUT2D eigenvalue weighted by Crippen LogP contribution is 2.16. The zero-order valence-electron chi connectivity index (χ0n) is 13.4. The molecule has 0 atom stereocenters. The number of hydrogen-bond donors (Lipinski definition) is 1. The van der Waals surface area contributed by atoms with E-state index in [1.54, 1.807) is 12.1 Å². The van der Waals surface area contributed by atoms with Crippen molar-refractivity contribution in [2.75, 3.05) is 14.1 Å². The molecule has 0 aliphatic rings. The van der Waals surface area contributed by atoms with Gasteiger partial charge >= 0.3 is 0 Å². The van der Waals surface area contributed by atoms with Crippen LogP contribution in [0.1, 0.15) is 36.0 Å². The molecule has 1 aromatic carbocycles. The Morgan fingerprint density at radius 2 is 1.82 bits per heavy atom. The molecule has 0 unspecified atom stereocenters. The third kappa shape index (κ3) is 6.82. The first-order valence-electron chi connectivity index (χ1n) is 7.05. The molecule has 2 aromatic rings. The van der Waals surface area contributed by atoms with E-state index in [0.29, 0.717) is 17.3 Å². The summed E-state index contributed by atoms with van der Waals surface area (Å²) in [5.74, 6) is 1.25. The van der Waals surface area contributed by atoms with E-state index in [1.165, 1.54) is 0 Å². The van der Waals surface area contributed by atoms with E-state index in [4.69, 9.17) is 4.52 Å². The Hall–Kier alpha value is -2.45. The maximum atomic E-state index is 10.5. The number of carbonyl (C=O) groups excluding carboxylic acids is 1. The molecule has 0 saturated carbocycles. The summed E-state index contributed by atoms with van der Waals surface area (Å²) >= 11 is 0. The summed E-state index contributed by atoms with van der Waals surface area (Å²) in [6, 6.07) is 7.12. The Balaban J connectivity index is 0.000000789. The van der Waals surface area contributed by atoms with E-state index >= 15 is 0 Å². The van der Waals surface area contributed by atoms with Crippen molar-refractivity contribution in [1.82, 2.24) is 15.5 Å². The lowest BCUT2D eigenvalue weighted by Crippen LogP contribution is -1.89. The summed E-state index contributed by atoms with van der Waals surface area (Å²) < 4.78 is 5.15. The van der Waals surface area contributed by atoms with Crippen molar-refractivity contribution in [3.63, 3.8) is 0 Å². The Kier molecular flexibility index (Phi) is 10.9. The number of rotatable bonds is 5. The molecule has 0 saturated heterocycles. The van der Waals surface area contributed by atoms with Gasteiger partial charge in [0.15, 0.2) is 0 Å². The molecule has 0 aliphatic carbocycles. The molecule has 2 rings (SSSR count). The number of unbranched alkanes of at least 4 members (excludes halogenated alkanes) is 1. The highest BCUT2D eigenvalue weighted by molar-refractivity contribution is 5.76. The summed E-state index contributed by atoms with van der Waals surface area (Å²) in [6.07, 6.45) is 11.8. The maximum absolute atomic E-state index is 10.5. The number of nitrogens with zero attached hydrogens (tertiary/aromatic N) is 2. The van der Waals surface area contributed by atoms with Gasteiger partial charge in [0.1, 0.15) is 6.29 Å². The fourth-order valence-corrected chi connectivity index (χ4v) is 1.51. The number of aldehydes is 1. The number of carbonyl (C=O) groups is 1. The van der Waals surface area contributed by atoms with Gasteiger partial charge in [0, 0.05) is 17.5 Å². The summed E-state index contributed by atoms with van der Waals surface area (Å²) in [4.78, 5) is 14.8. The van der Waals surface area contributed by atoms with E-state index < -0.39 is 0 Å². The van der Waals surface area contributed by atoms with E-state index in [-0.39, 0.29) is 0 Å². The largest absolute Gasteiger partial charge is 0.339 e. The van der Waals surface area contributed by atoms with E-state index in [1.807, 2.05) is 26.2 Å². The van der Waals surface area contributed by atoms with Gasteiger partial charge in [0.05, 0.1) is 0 Å². The topological polar surface area (TPSA) is 68.0 Å². The Bertz CT molecular complexity index is 545. The molecule has 1 heterocycles. The second-order valence-corrected chi connectivity index (χ2v) is 4.36. The number of aromatic nitrogens is 2. The second-order valence-electron chi connectivity index (χ2n) is 4.36. The Morgan fingerprint density at radius 1 is 1.23 bits per heavy atom.